The van der Waals surface area contributed by atoms with Crippen molar-refractivity contribution in [2.75, 3.05) is 13.1 Å². The van der Waals surface area contributed by atoms with Crippen molar-refractivity contribution in [3.8, 4) is 0 Å². The number of likely N-dealkylation sites (tertiary alicyclic amines) is 1. The Labute approximate surface area is 174 Å². The van der Waals surface area contributed by atoms with Crippen LogP contribution >= 0.6 is 0 Å². The number of fused-ring (bicyclic) bond motifs is 1. The van der Waals surface area contributed by atoms with Crippen molar-refractivity contribution >= 4 is 17.1 Å². The minimum atomic E-state index is -0.676. The Balaban J connectivity index is 1.49. The summed E-state index contributed by atoms with van der Waals surface area (Å²) in [6.07, 6.45) is 4.49. The Hall–Kier alpha value is -3.22. The van der Waals surface area contributed by atoms with E-state index in [2.05, 4.69) is 29.2 Å². The second kappa shape index (κ2) is 8.65. The van der Waals surface area contributed by atoms with Gasteiger partial charge in [-0.2, -0.15) is 0 Å². The Morgan fingerprint density at radius 2 is 1.70 bits per heavy atom. The van der Waals surface area contributed by atoms with Gasteiger partial charge in [0, 0.05) is 25.8 Å². The molecule has 3 aromatic rings. The highest BCUT2D eigenvalue weighted by Crippen LogP contribution is 2.22. The molecule has 1 aromatic carbocycles. The molecule has 1 fully saturated rings. The van der Waals surface area contributed by atoms with Crippen LogP contribution < -0.4 is 11.1 Å². The van der Waals surface area contributed by atoms with Crippen LogP contribution in [0.15, 0.2) is 58.3 Å². The predicted octanol–water partition coefficient (Wildman–Crippen LogP) is 2.06. The van der Waals surface area contributed by atoms with E-state index in [1.54, 1.807) is 25.3 Å². The summed E-state index contributed by atoms with van der Waals surface area (Å²) in [7, 11) is 0. The van der Waals surface area contributed by atoms with Gasteiger partial charge in [-0.3, -0.25) is 23.5 Å². The van der Waals surface area contributed by atoms with E-state index in [4.69, 9.17) is 0 Å². The maximum Gasteiger partial charge on any atom is 0.318 e. The number of hydrogen-bond acceptors (Lipinski definition) is 4. The molecule has 156 valence electrons. The number of carbonyl (C=O) groups is 1. The van der Waals surface area contributed by atoms with Crippen molar-refractivity contribution < 1.29 is 4.79 Å². The zero-order valence-corrected chi connectivity index (χ0v) is 17.2. The van der Waals surface area contributed by atoms with Gasteiger partial charge in [0.05, 0.1) is 5.52 Å². The van der Waals surface area contributed by atoms with E-state index >= 15 is 0 Å². The summed E-state index contributed by atoms with van der Waals surface area (Å²) in [5.41, 5.74) is 0.947. The lowest BCUT2D eigenvalue weighted by Crippen LogP contribution is -2.46. The van der Waals surface area contributed by atoms with Crippen LogP contribution in [0.2, 0.25) is 0 Å². The third-order valence-electron chi connectivity index (χ3n) is 5.93. The number of aromatic nitrogens is 3. The van der Waals surface area contributed by atoms with E-state index in [1.165, 1.54) is 14.7 Å². The van der Waals surface area contributed by atoms with Gasteiger partial charge < -0.3 is 4.90 Å². The molecule has 4 rings (SSSR count). The first-order valence-corrected chi connectivity index (χ1v) is 10.5. The SMILES string of the molecule is CCn1c(=O)c(=O)n(CC(=O)N2CCC(Cc3ccccc3)CC2)c2cccnc21. The third kappa shape index (κ3) is 3.92. The van der Waals surface area contributed by atoms with Crippen molar-refractivity contribution in [1.82, 2.24) is 19.0 Å². The van der Waals surface area contributed by atoms with Gasteiger partial charge in [0.15, 0.2) is 5.65 Å². The van der Waals surface area contributed by atoms with Crippen molar-refractivity contribution in [3.05, 3.63) is 74.9 Å². The minimum Gasteiger partial charge on any atom is -0.341 e. The molecule has 0 N–H and O–H groups in total. The lowest BCUT2D eigenvalue weighted by molar-refractivity contribution is -0.133. The number of piperidine rings is 1. The largest absolute Gasteiger partial charge is 0.341 e. The minimum absolute atomic E-state index is 0.130. The van der Waals surface area contributed by atoms with Crippen molar-refractivity contribution in [2.45, 2.75) is 39.3 Å². The highest BCUT2D eigenvalue weighted by molar-refractivity contribution is 5.79. The number of benzene rings is 1. The van der Waals surface area contributed by atoms with Gasteiger partial charge in [0.25, 0.3) is 0 Å². The van der Waals surface area contributed by atoms with E-state index in [0.29, 0.717) is 36.7 Å². The zero-order chi connectivity index (χ0) is 21.1. The number of aryl methyl sites for hydroxylation is 1. The van der Waals surface area contributed by atoms with Crippen molar-refractivity contribution in [3.63, 3.8) is 0 Å². The summed E-state index contributed by atoms with van der Waals surface area (Å²) < 4.78 is 2.63. The van der Waals surface area contributed by atoms with Gasteiger partial charge in [0.1, 0.15) is 6.54 Å². The van der Waals surface area contributed by atoms with Crippen LogP contribution in [0, 0.1) is 5.92 Å². The molecule has 0 aliphatic carbocycles. The van der Waals surface area contributed by atoms with E-state index in [-0.39, 0.29) is 12.5 Å². The monoisotopic (exact) mass is 406 g/mol. The molecule has 0 atom stereocenters. The number of hydrogen-bond donors (Lipinski definition) is 0. The van der Waals surface area contributed by atoms with Crippen LogP contribution in [0.3, 0.4) is 0 Å². The van der Waals surface area contributed by atoms with E-state index < -0.39 is 11.1 Å². The van der Waals surface area contributed by atoms with Crippen molar-refractivity contribution in [2.24, 2.45) is 5.92 Å². The van der Waals surface area contributed by atoms with Gasteiger partial charge >= 0.3 is 11.1 Å². The predicted molar refractivity (Wildman–Crippen MR) is 115 cm³/mol. The van der Waals surface area contributed by atoms with E-state index in [9.17, 15) is 14.4 Å². The van der Waals surface area contributed by atoms with Crippen LogP contribution in [-0.2, 0) is 24.3 Å². The van der Waals surface area contributed by atoms with Crippen LogP contribution in [0.5, 0.6) is 0 Å². The Morgan fingerprint density at radius 1 is 1.00 bits per heavy atom. The molecule has 30 heavy (non-hydrogen) atoms. The van der Waals surface area contributed by atoms with Crippen LogP contribution in [0.25, 0.3) is 11.2 Å². The zero-order valence-electron chi connectivity index (χ0n) is 17.2. The summed E-state index contributed by atoms with van der Waals surface area (Å²) in [4.78, 5) is 44.1. The molecule has 7 nitrogen and oxygen atoms in total. The fraction of sp³-hybridized carbons (Fsp3) is 0.391. The fourth-order valence-corrected chi connectivity index (χ4v) is 4.26. The quantitative estimate of drug-likeness (QED) is 0.608. The molecule has 0 unspecified atom stereocenters. The molecular formula is C23H26N4O3. The first-order valence-electron chi connectivity index (χ1n) is 10.5. The molecule has 7 heteroatoms. The highest BCUT2D eigenvalue weighted by Gasteiger charge is 2.24. The number of rotatable bonds is 5. The standard InChI is InChI=1S/C23H26N4O3/c1-2-26-21-19(9-6-12-24-21)27(23(30)22(26)29)16-20(28)25-13-10-18(11-14-25)15-17-7-4-3-5-8-17/h3-9,12,18H,2,10-11,13-16H2,1H3. The topological polar surface area (TPSA) is 77.2 Å². The van der Waals surface area contributed by atoms with Gasteiger partial charge in [-0.1, -0.05) is 30.3 Å². The summed E-state index contributed by atoms with van der Waals surface area (Å²) in [5, 5.41) is 0. The molecule has 2 aromatic heterocycles. The second-order valence-corrected chi connectivity index (χ2v) is 7.80. The maximum absolute atomic E-state index is 12.9. The van der Waals surface area contributed by atoms with Gasteiger partial charge in [-0.05, 0) is 49.8 Å². The normalized spacial score (nSPS) is 14.9. The average Bonchev–Trinajstić information content (AvgIpc) is 2.78. The Morgan fingerprint density at radius 3 is 2.40 bits per heavy atom. The van der Waals surface area contributed by atoms with E-state index in [1.807, 2.05) is 11.0 Å². The lowest BCUT2D eigenvalue weighted by Gasteiger charge is -2.32. The molecule has 1 saturated heterocycles. The molecular weight excluding hydrogens is 380 g/mol. The number of nitrogens with zero attached hydrogens (tertiary/aromatic N) is 4. The number of carbonyl (C=O) groups excluding carboxylic acids is 1. The van der Waals surface area contributed by atoms with Crippen LogP contribution in [0.1, 0.15) is 25.3 Å². The summed E-state index contributed by atoms with van der Waals surface area (Å²) >= 11 is 0. The third-order valence-corrected chi connectivity index (χ3v) is 5.93. The molecule has 1 amide bonds. The van der Waals surface area contributed by atoms with Gasteiger partial charge in [-0.15, -0.1) is 0 Å². The van der Waals surface area contributed by atoms with Crippen LogP contribution in [0.4, 0.5) is 0 Å². The first kappa shape index (κ1) is 20.1. The fourth-order valence-electron chi connectivity index (χ4n) is 4.26. The Bertz CT molecular complexity index is 1160. The number of pyridine rings is 1. The highest BCUT2D eigenvalue weighted by atomic mass is 16.2. The molecule has 0 saturated carbocycles. The maximum atomic E-state index is 12.9. The smallest absolute Gasteiger partial charge is 0.318 e. The molecule has 0 bridgehead atoms. The first-order chi connectivity index (χ1) is 14.6. The molecule has 3 heterocycles. The average molecular weight is 406 g/mol. The summed E-state index contributed by atoms with van der Waals surface area (Å²) in [6.45, 7) is 3.36. The molecule has 0 spiro atoms. The van der Waals surface area contributed by atoms with E-state index in [0.717, 1.165) is 19.3 Å². The molecule has 0 radical (unpaired) electrons. The van der Waals surface area contributed by atoms with Crippen LogP contribution in [-0.4, -0.2) is 38.0 Å². The second-order valence-electron chi connectivity index (χ2n) is 7.80. The molecule has 1 aliphatic heterocycles. The van der Waals surface area contributed by atoms with Gasteiger partial charge in [-0.25, -0.2) is 4.98 Å². The Kier molecular flexibility index (Phi) is 5.79. The van der Waals surface area contributed by atoms with Gasteiger partial charge in [0.2, 0.25) is 5.91 Å². The summed E-state index contributed by atoms with van der Waals surface area (Å²) in [5.74, 6) is 0.423. The molecule has 1 aliphatic rings. The number of amides is 1. The van der Waals surface area contributed by atoms with Crippen molar-refractivity contribution in [1.29, 1.82) is 0 Å². The lowest BCUT2D eigenvalue weighted by atomic mass is 9.90. The summed E-state index contributed by atoms with van der Waals surface area (Å²) in [6, 6.07) is 13.8.